The molecule has 1 heterocycles. The zero-order valence-corrected chi connectivity index (χ0v) is 10.4. The molecule has 0 saturated carbocycles. The first-order valence-corrected chi connectivity index (χ1v) is 6.05. The Morgan fingerprint density at radius 2 is 1.94 bits per heavy atom. The third kappa shape index (κ3) is 2.50. The fraction of sp³-hybridized carbons (Fsp3) is 0.182. The van der Waals surface area contributed by atoms with Crippen molar-refractivity contribution in [3.8, 4) is 11.3 Å². The lowest BCUT2D eigenvalue weighted by atomic mass is 10.0. The molecule has 1 N–H and O–H groups in total. The van der Waals surface area contributed by atoms with E-state index in [1.807, 2.05) is 0 Å². The number of nitrogens with zero attached hydrogens (tertiary/aromatic N) is 1. The first-order chi connectivity index (χ1) is 8.43. The van der Waals surface area contributed by atoms with E-state index in [0.29, 0.717) is 4.88 Å². The van der Waals surface area contributed by atoms with E-state index in [1.165, 1.54) is 18.2 Å². The normalized spacial score (nSPS) is 11.8. The van der Waals surface area contributed by atoms with Crippen molar-refractivity contribution < 1.29 is 18.3 Å². The number of benzene rings is 1. The van der Waals surface area contributed by atoms with Gasteiger partial charge in [0.05, 0.1) is 22.7 Å². The van der Waals surface area contributed by atoms with Crippen LogP contribution in [0.3, 0.4) is 0 Å². The summed E-state index contributed by atoms with van der Waals surface area (Å²) in [5, 5.41) is 9.12. The highest BCUT2D eigenvalue weighted by Gasteiger charge is 2.34. The lowest BCUT2D eigenvalue weighted by molar-refractivity contribution is -0.137. The van der Waals surface area contributed by atoms with Crippen molar-refractivity contribution in [2.45, 2.75) is 12.8 Å². The van der Waals surface area contributed by atoms with E-state index in [4.69, 9.17) is 16.7 Å². The van der Waals surface area contributed by atoms with Crippen LogP contribution in [0.15, 0.2) is 24.3 Å². The quantitative estimate of drug-likeness (QED) is 0.908. The molecule has 0 amide bonds. The standard InChI is InChI=1S/C11H7ClF3NOS/c12-10-16-9(8(5-17)18-10)6-3-1-2-4-7(6)11(13,14)15/h1-4,17H,5H2. The van der Waals surface area contributed by atoms with Gasteiger partial charge < -0.3 is 5.11 Å². The third-order valence-electron chi connectivity index (χ3n) is 2.30. The van der Waals surface area contributed by atoms with Crippen LogP contribution in [0.2, 0.25) is 4.47 Å². The highest BCUT2D eigenvalue weighted by Crippen LogP contribution is 2.39. The van der Waals surface area contributed by atoms with Gasteiger partial charge in [0, 0.05) is 5.56 Å². The first kappa shape index (κ1) is 13.3. The largest absolute Gasteiger partial charge is 0.417 e. The molecule has 1 aromatic heterocycles. The van der Waals surface area contributed by atoms with Gasteiger partial charge in [0.15, 0.2) is 4.47 Å². The summed E-state index contributed by atoms with van der Waals surface area (Å²) in [5.41, 5.74) is -0.778. The Morgan fingerprint density at radius 1 is 1.28 bits per heavy atom. The van der Waals surface area contributed by atoms with E-state index in [2.05, 4.69) is 4.98 Å². The number of thiazole rings is 1. The molecule has 0 saturated heterocycles. The van der Waals surface area contributed by atoms with Gasteiger partial charge in [0.25, 0.3) is 0 Å². The highest BCUT2D eigenvalue weighted by molar-refractivity contribution is 7.16. The van der Waals surface area contributed by atoms with E-state index in [-0.39, 0.29) is 15.7 Å². The van der Waals surface area contributed by atoms with E-state index in [0.717, 1.165) is 17.4 Å². The Balaban J connectivity index is 2.64. The summed E-state index contributed by atoms with van der Waals surface area (Å²) in [6.07, 6.45) is -4.47. The monoisotopic (exact) mass is 293 g/mol. The third-order valence-corrected chi connectivity index (χ3v) is 3.45. The molecule has 0 bridgehead atoms. The minimum atomic E-state index is -4.47. The zero-order valence-electron chi connectivity index (χ0n) is 8.83. The summed E-state index contributed by atoms with van der Waals surface area (Å²) in [6, 6.07) is 5.08. The number of hydrogen-bond acceptors (Lipinski definition) is 3. The van der Waals surface area contributed by atoms with Crippen molar-refractivity contribution in [2.75, 3.05) is 0 Å². The van der Waals surface area contributed by atoms with Crippen LogP contribution >= 0.6 is 22.9 Å². The molecule has 0 unspecified atom stereocenters. The Hall–Kier alpha value is -1.11. The van der Waals surface area contributed by atoms with Crippen LogP contribution in [0.4, 0.5) is 13.2 Å². The lowest BCUT2D eigenvalue weighted by Gasteiger charge is -2.11. The van der Waals surface area contributed by atoms with Gasteiger partial charge in [-0.25, -0.2) is 4.98 Å². The van der Waals surface area contributed by atoms with Crippen molar-refractivity contribution in [1.29, 1.82) is 0 Å². The second-order valence-electron chi connectivity index (χ2n) is 3.44. The van der Waals surface area contributed by atoms with Crippen molar-refractivity contribution in [3.05, 3.63) is 39.2 Å². The average molecular weight is 294 g/mol. The number of alkyl halides is 3. The predicted octanol–water partition coefficient (Wildman–Crippen LogP) is 3.97. The molecule has 0 fully saturated rings. The number of aliphatic hydroxyl groups is 1. The van der Waals surface area contributed by atoms with E-state index in [9.17, 15) is 13.2 Å². The average Bonchev–Trinajstić information content (AvgIpc) is 2.69. The molecule has 0 radical (unpaired) electrons. The maximum Gasteiger partial charge on any atom is 0.417 e. The van der Waals surface area contributed by atoms with Gasteiger partial charge in [-0.3, -0.25) is 0 Å². The summed E-state index contributed by atoms with van der Waals surface area (Å²) in [7, 11) is 0. The van der Waals surface area contributed by atoms with Crippen LogP contribution in [0, 0.1) is 0 Å². The topological polar surface area (TPSA) is 33.1 Å². The Kier molecular flexibility index (Phi) is 3.61. The number of hydrogen-bond donors (Lipinski definition) is 1. The van der Waals surface area contributed by atoms with Gasteiger partial charge in [-0.2, -0.15) is 13.2 Å². The molecule has 18 heavy (non-hydrogen) atoms. The summed E-state index contributed by atoms with van der Waals surface area (Å²) in [6.45, 7) is -0.397. The summed E-state index contributed by atoms with van der Waals surface area (Å²) < 4.78 is 38.7. The molecule has 0 spiro atoms. The minimum absolute atomic E-state index is 0.0720. The number of rotatable bonds is 2. The van der Waals surface area contributed by atoms with Gasteiger partial charge >= 0.3 is 6.18 Å². The molecule has 1 aromatic carbocycles. The fourth-order valence-corrected chi connectivity index (χ4v) is 2.60. The molecule has 0 aliphatic rings. The van der Waals surface area contributed by atoms with Crippen LogP contribution < -0.4 is 0 Å². The van der Waals surface area contributed by atoms with Crippen molar-refractivity contribution in [2.24, 2.45) is 0 Å². The summed E-state index contributed by atoms with van der Waals surface area (Å²) in [4.78, 5) is 4.17. The molecule has 0 aliphatic carbocycles. The molecule has 0 atom stereocenters. The van der Waals surface area contributed by atoms with Gasteiger partial charge in [0.1, 0.15) is 0 Å². The minimum Gasteiger partial charge on any atom is -0.391 e. The van der Waals surface area contributed by atoms with Gasteiger partial charge in [0.2, 0.25) is 0 Å². The van der Waals surface area contributed by atoms with Crippen LogP contribution in [-0.4, -0.2) is 10.1 Å². The molecule has 96 valence electrons. The van der Waals surface area contributed by atoms with Gasteiger partial charge in [-0.15, -0.1) is 11.3 Å². The van der Waals surface area contributed by atoms with Gasteiger partial charge in [-0.05, 0) is 6.07 Å². The molecular weight excluding hydrogens is 287 g/mol. The number of aromatic nitrogens is 1. The summed E-state index contributed by atoms with van der Waals surface area (Å²) in [5.74, 6) is 0. The molecule has 0 aliphatic heterocycles. The van der Waals surface area contributed by atoms with Crippen molar-refractivity contribution >= 4 is 22.9 Å². The summed E-state index contributed by atoms with van der Waals surface area (Å²) >= 11 is 6.64. The molecule has 7 heteroatoms. The number of aliphatic hydroxyl groups excluding tert-OH is 1. The SMILES string of the molecule is OCc1sc(Cl)nc1-c1ccccc1C(F)(F)F. The molecule has 2 aromatic rings. The van der Waals surface area contributed by atoms with Crippen molar-refractivity contribution in [3.63, 3.8) is 0 Å². The second kappa shape index (κ2) is 4.87. The van der Waals surface area contributed by atoms with Crippen LogP contribution in [-0.2, 0) is 12.8 Å². The Labute approximate surface area is 110 Å². The smallest absolute Gasteiger partial charge is 0.391 e. The van der Waals surface area contributed by atoms with Crippen LogP contribution in [0.25, 0.3) is 11.3 Å². The molecule has 2 rings (SSSR count). The predicted molar refractivity (Wildman–Crippen MR) is 63.5 cm³/mol. The second-order valence-corrected chi connectivity index (χ2v) is 5.11. The Bertz CT molecular complexity index is 568. The fourth-order valence-electron chi connectivity index (χ4n) is 1.58. The number of halogens is 4. The highest BCUT2D eigenvalue weighted by atomic mass is 35.5. The van der Waals surface area contributed by atoms with E-state index >= 15 is 0 Å². The van der Waals surface area contributed by atoms with Gasteiger partial charge in [-0.1, -0.05) is 29.8 Å². The van der Waals surface area contributed by atoms with E-state index < -0.39 is 18.3 Å². The maximum absolute atomic E-state index is 12.9. The first-order valence-electron chi connectivity index (χ1n) is 4.86. The molecule has 2 nitrogen and oxygen atoms in total. The maximum atomic E-state index is 12.9. The lowest BCUT2D eigenvalue weighted by Crippen LogP contribution is -2.07. The Morgan fingerprint density at radius 3 is 2.56 bits per heavy atom. The van der Waals surface area contributed by atoms with Crippen LogP contribution in [0.1, 0.15) is 10.4 Å². The van der Waals surface area contributed by atoms with Crippen molar-refractivity contribution in [1.82, 2.24) is 4.98 Å². The molecular formula is C11H7ClF3NOS. The van der Waals surface area contributed by atoms with E-state index in [1.54, 1.807) is 0 Å². The zero-order chi connectivity index (χ0) is 13.3. The van der Waals surface area contributed by atoms with Crippen LogP contribution in [0.5, 0.6) is 0 Å².